The minimum absolute atomic E-state index is 0.0154. The predicted octanol–water partition coefficient (Wildman–Crippen LogP) is 10.5. The van der Waals surface area contributed by atoms with E-state index in [4.69, 9.17) is 14.7 Å². The first-order valence-corrected chi connectivity index (χ1v) is 16.7. The lowest BCUT2D eigenvalue weighted by atomic mass is 9.60. The summed E-state index contributed by atoms with van der Waals surface area (Å²) in [5.74, 6) is 2.32. The van der Waals surface area contributed by atoms with E-state index in [1.807, 2.05) is 18.3 Å². The highest BCUT2D eigenvalue weighted by Crippen LogP contribution is 2.54. The van der Waals surface area contributed by atoms with Gasteiger partial charge in [-0.2, -0.15) is 4.98 Å². The molecule has 1 aliphatic rings. The molecular formula is C42H38N4O2. The Labute approximate surface area is 279 Å². The van der Waals surface area contributed by atoms with Crippen LogP contribution in [0.15, 0.2) is 97.2 Å². The van der Waals surface area contributed by atoms with E-state index in [1.54, 1.807) is 6.07 Å². The molecule has 238 valence electrons. The SMILES string of the molecule is CC(C)(C)c1ccnc(-n2c3ccccc3c3ccc(Oc4nc5c6c(O)cccc6c6cccc7c6n5c4C(C)(C)C7(C)C)cc32)c1. The van der Waals surface area contributed by atoms with E-state index in [0.29, 0.717) is 17.3 Å². The number of pyridine rings is 2. The highest BCUT2D eigenvalue weighted by Gasteiger charge is 2.49. The van der Waals surface area contributed by atoms with Crippen LogP contribution in [0.3, 0.4) is 0 Å². The van der Waals surface area contributed by atoms with Crippen LogP contribution < -0.4 is 4.74 Å². The first-order chi connectivity index (χ1) is 22.9. The quantitative estimate of drug-likeness (QED) is 0.197. The Kier molecular flexibility index (Phi) is 5.63. The number of fused-ring (bicyclic) bond motifs is 6. The van der Waals surface area contributed by atoms with Crippen molar-refractivity contribution in [3.8, 4) is 23.2 Å². The average molecular weight is 631 g/mol. The number of phenols is 1. The molecule has 4 aromatic heterocycles. The van der Waals surface area contributed by atoms with Gasteiger partial charge in [-0.25, -0.2) is 4.98 Å². The van der Waals surface area contributed by atoms with Crippen LogP contribution >= 0.6 is 0 Å². The third-order valence-electron chi connectivity index (χ3n) is 11.2. The van der Waals surface area contributed by atoms with Crippen molar-refractivity contribution in [2.45, 2.75) is 64.7 Å². The summed E-state index contributed by atoms with van der Waals surface area (Å²) in [6, 6.07) is 31.3. The summed E-state index contributed by atoms with van der Waals surface area (Å²) in [4.78, 5) is 10.1. The summed E-state index contributed by atoms with van der Waals surface area (Å²) in [6.07, 6.45) is 1.90. The van der Waals surface area contributed by atoms with Crippen molar-refractivity contribution < 1.29 is 9.84 Å². The number of hydrogen-bond acceptors (Lipinski definition) is 4. The summed E-state index contributed by atoms with van der Waals surface area (Å²) >= 11 is 0. The van der Waals surface area contributed by atoms with Gasteiger partial charge in [0.15, 0.2) is 5.65 Å². The van der Waals surface area contributed by atoms with Crippen LogP contribution in [0.4, 0.5) is 0 Å². The van der Waals surface area contributed by atoms with E-state index < -0.39 is 0 Å². The monoisotopic (exact) mass is 630 g/mol. The van der Waals surface area contributed by atoms with Crippen molar-refractivity contribution in [3.05, 3.63) is 114 Å². The van der Waals surface area contributed by atoms with E-state index >= 15 is 0 Å². The molecule has 0 saturated carbocycles. The Morgan fingerprint density at radius 2 is 1.46 bits per heavy atom. The highest BCUT2D eigenvalue weighted by molar-refractivity contribution is 6.15. The second-order valence-electron chi connectivity index (χ2n) is 15.4. The fourth-order valence-corrected chi connectivity index (χ4v) is 7.92. The van der Waals surface area contributed by atoms with Crippen molar-refractivity contribution in [2.75, 3.05) is 0 Å². The largest absolute Gasteiger partial charge is 0.507 e. The molecule has 0 spiro atoms. The van der Waals surface area contributed by atoms with E-state index in [2.05, 4.69) is 130 Å². The fraction of sp³-hybridized carbons (Fsp3) is 0.238. The average Bonchev–Trinajstić information content (AvgIpc) is 3.60. The minimum atomic E-state index is -0.364. The van der Waals surface area contributed by atoms with Gasteiger partial charge >= 0.3 is 0 Å². The molecule has 1 aliphatic heterocycles. The Morgan fingerprint density at radius 1 is 0.729 bits per heavy atom. The molecule has 6 nitrogen and oxygen atoms in total. The van der Waals surface area contributed by atoms with Crippen LogP contribution in [0.2, 0.25) is 0 Å². The lowest BCUT2D eigenvalue weighted by molar-refractivity contribution is 0.279. The van der Waals surface area contributed by atoms with Gasteiger partial charge in [0.2, 0.25) is 5.88 Å². The second kappa shape index (κ2) is 9.38. The van der Waals surface area contributed by atoms with Crippen LogP contribution in [0.1, 0.15) is 65.3 Å². The number of rotatable bonds is 3. The van der Waals surface area contributed by atoms with Crippen molar-refractivity contribution >= 4 is 49.1 Å². The number of nitrogens with zero attached hydrogens (tertiary/aromatic N) is 4. The molecule has 48 heavy (non-hydrogen) atoms. The lowest BCUT2D eigenvalue weighted by Crippen LogP contribution is -2.44. The normalized spacial score (nSPS) is 15.4. The van der Waals surface area contributed by atoms with Crippen molar-refractivity contribution in [1.29, 1.82) is 0 Å². The summed E-state index contributed by atoms with van der Waals surface area (Å²) in [7, 11) is 0. The minimum Gasteiger partial charge on any atom is -0.507 e. The maximum Gasteiger partial charge on any atom is 0.242 e. The summed E-state index contributed by atoms with van der Waals surface area (Å²) in [5, 5.41) is 16.3. The maximum absolute atomic E-state index is 11.2. The van der Waals surface area contributed by atoms with Gasteiger partial charge in [0.05, 0.1) is 27.6 Å². The van der Waals surface area contributed by atoms with Crippen molar-refractivity contribution in [3.63, 3.8) is 0 Å². The molecule has 0 bridgehead atoms. The van der Waals surface area contributed by atoms with Gasteiger partial charge in [0.25, 0.3) is 0 Å². The number of benzene rings is 4. The van der Waals surface area contributed by atoms with Crippen LogP contribution in [0, 0.1) is 0 Å². The zero-order valence-corrected chi connectivity index (χ0v) is 28.4. The molecule has 1 N–H and O–H groups in total. The van der Waals surface area contributed by atoms with Gasteiger partial charge in [-0.1, -0.05) is 97.0 Å². The molecule has 0 amide bonds. The van der Waals surface area contributed by atoms with Gasteiger partial charge < -0.3 is 9.84 Å². The van der Waals surface area contributed by atoms with Gasteiger partial charge in [0, 0.05) is 39.3 Å². The van der Waals surface area contributed by atoms with Crippen LogP contribution in [0.25, 0.3) is 54.9 Å². The third-order valence-corrected chi connectivity index (χ3v) is 11.2. The van der Waals surface area contributed by atoms with Gasteiger partial charge in [0.1, 0.15) is 17.3 Å². The molecule has 5 heterocycles. The number of hydrogen-bond donors (Lipinski definition) is 1. The summed E-state index contributed by atoms with van der Waals surface area (Å²) in [6.45, 7) is 15.8. The molecule has 0 atom stereocenters. The van der Waals surface area contributed by atoms with Crippen LogP contribution in [-0.2, 0) is 16.2 Å². The topological polar surface area (TPSA) is 64.6 Å². The Hall–Kier alpha value is -5.36. The fourth-order valence-electron chi connectivity index (χ4n) is 7.92. The molecule has 0 radical (unpaired) electrons. The molecule has 0 fully saturated rings. The summed E-state index contributed by atoms with van der Waals surface area (Å²) in [5.41, 5.74) is 6.79. The standard InChI is InChI=1S/C42H38N4O2/c1-40(2,3)24-20-21-43-34(22-24)45-31-16-9-8-12-26(31)27-19-18-25(23-32(27)45)48-39-37-42(6,7)41(4,5)30-15-10-14-29-28-13-11-17-33(47)35(28)38(44-39)46(37)36(29)30/h8-23,47H,1-7H3. The summed E-state index contributed by atoms with van der Waals surface area (Å²) < 4.78 is 11.4. The van der Waals surface area contributed by atoms with E-state index in [0.717, 1.165) is 55.0 Å². The number of phenolic OH excluding ortho intramolecular Hbond substituents is 1. The molecule has 0 unspecified atom stereocenters. The van der Waals surface area contributed by atoms with Gasteiger partial charge in [-0.15, -0.1) is 0 Å². The van der Waals surface area contributed by atoms with E-state index in [1.165, 1.54) is 11.1 Å². The predicted molar refractivity (Wildman–Crippen MR) is 195 cm³/mol. The Balaban J connectivity index is 1.32. The molecule has 4 aromatic carbocycles. The number of ether oxygens (including phenoxy) is 1. The van der Waals surface area contributed by atoms with Gasteiger partial charge in [-0.3, -0.25) is 8.97 Å². The maximum atomic E-state index is 11.2. The Morgan fingerprint density at radius 3 is 2.27 bits per heavy atom. The number of imidazole rings is 1. The lowest BCUT2D eigenvalue weighted by Gasteiger charge is -2.45. The van der Waals surface area contributed by atoms with Gasteiger partial charge in [-0.05, 0) is 58.3 Å². The molecule has 0 saturated heterocycles. The van der Waals surface area contributed by atoms with Crippen molar-refractivity contribution in [2.24, 2.45) is 0 Å². The zero-order valence-electron chi connectivity index (χ0n) is 28.4. The third kappa shape index (κ3) is 3.69. The first-order valence-electron chi connectivity index (χ1n) is 16.7. The highest BCUT2D eigenvalue weighted by atomic mass is 16.5. The Bertz CT molecular complexity index is 2650. The molecule has 0 aliphatic carbocycles. The van der Waals surface area contributed by atoms with E-state index in [-0.39, 0.29) is 22.0 Å². The zero-order chi connectivity index (χ0) is 33.3. The first kappa shape index (κ1) is 28.8. The molecule has 9 rings (SSSR count). The molecule has 8 aromatic rings. The number of aromatic nitrogens is 4. The molecular weight excluding hydrogens is 592 g/mol. The second-order valence-corrected chi connectivity index (χ2v) is 15.4. The number of para-hydroxylation sites is 2. The van der Waals surface area contributed by atoms with E-state index in [9.17, 15) is 5.11 Å². The smallest absolute Gasteiger partial charge is 0.242 e. The van der Waals surface area contributed by atoms with Crippen LogP contribution in [0.5, 0.6) is 17.4 Å². The number of aromatic hydroxyl groups is 1. The van der Waals surface area contributed by atoms with Crippen LogP contribution in [-0.4, -0.2) is 24.0 Å². The molecule has 6 heteroatoms. The van der Waals surface area contributed by atoms with Crippen molar-refractivity contribution in [1.82, 2.24) is 18.9 Å².